The van der Waals surface area contributed by atoms with E-state index in [1.165, 1.54) is 14.2 Å². The highest BCUT2D eigenvalue weighted by Gasteiger charge is 2.49. The van der Waals surface area contributed by atoms with Crippen LogP contribution in [0.1, 0.15) is 31.1 Å². The number of likely N-dealkylation sites (tertiary alicyclic amines) is 1. The van der Waals surface area contributed by atoms with E-state index < -0.39 is 5.60 Å². The lowest BCUT2D eigenvalue weighted by molar-refractivity contribution is -0.0108. The van der Waals surface area contributed by atoms with Crippen LogP contribution in [0, 0.1) is 5.41 Å². The average Bonchev–Trinajstić information content (AvgIpc) is 2.66. The maximum atomic E-state index is 12.7. The van der Waals surface area contributed by atoms with Gasteiger partial charge in [0.05, 0.1) is 26.4 Å². The van der Waals surface area contributed by atoms with Crippen molar-refractivity contribution in [3.05, 3.63) is 17.7 Å². The highest BCUT2D eigenvalue weighted by atomic mass is 16.5. The van der Waals surface area contributed by atoms with Crippen LogP contribution in [0.15, 0.2) is 12.1 Å². The van der Waals surface area contributed by atoms with Gasteiger partial charge in [0.2, 0.25) is 11.8 Å². The van der Waals surface area contributed by atoms with Gasteiger partial charge in [0.1, 0.15) is 5.56 Å². The molecule has 1 aliphatic heterocycles. The maximum Gasteiger partial charge on any atom is 0.259 e. The van der Waals surface area contributed by atoms with Gasteiger partial charge in [0, 0.05) is 18.0 Å². The number of pyridine rings is 1. The molecule has 1 aromatic heterocycles. The second-order valence-corrected chi connectivity index (χ2v) is 6.23. The molecule has 0 spiro atoms. The van der Waals surface area contributed by atoms with Gasteiger partial charge in [-0.2, -0.15) is 4.98 Å². The van der Waals surface area contributed by atoms with Crippen LogP contribution in [0.2, 0.25) is 0 Å². The molecule has 0 bridgehead atoms. The monoisotopic (exact) mass is 294 g/mol. The molecule has 0 aromatic carbocycles. The lowest BCUT2D eigenvalue weighted by Crippen LogP contribution is -2.40. The predicted octanol–water partition coefficient (Wildman–Crippen LogP) is 1.33. The highest BCUT2D eigenvalue weighted by molar-refractivity contribution is 5.96. The van der Waals surface area contributed by atoms with Crippen molar-refractivity contribution in [3.63, 3.8) is 0 Å². The zero-order valence-corrected chi connectivity index (χ0v) is 13.1. The first-order chi connectivity index (χ1) is 9.71. The molecular weight excluding hydrogens is 272 g/mol. The Kier molecular flexibility index (Phi) is 3.84. The molecule has 1 amide bonds. The Balaban J connectivity index is 2.30. The number of carbonyl (C=O) groups is 1. The first kappa shape index (κ1) is 15.6. The van der Waals surface area contributed by atoms with Gasteiger partial charge in [0.15, 0.2) is 0 Å². The number of methoxy groups -OCH3 is 2. The topological polar surface area (TPSA) is 71.9 Å². The summed E-state index contributed by atoms with van der Waals surface area (Å²) in [5.41, 5.74) is -0.919. The summed E-state index contributed by atoms with van der Waals surface area (Å²) in [6.07, 6.45) is 0. The van der Waals surface area contributed by atoms with Gasteiger partial charge in [0.25, 0.3) is 5.91 Å². The largest absolute Gasteiger partial charge is 0.481 e. The molecule has 0 radical (unpaired) electrons. The predicted molar refractivity (Wildman–Crippen MR) is 77.6 cm³/mol. The average molecular weight is 294 g/mol. The molecule has 0 saturated carbocycles. The Hall–Kier alpha value is -1.82. The van der Waals surface area contributed by atoms with E-state index in [-0.39, 0.29) is 23.7 Å². The Bertz CT molecular complexity index is 539. The van der Waals surface area contributed by atoms with Gasteiger partial charge >= 0.3 is 0 Å². The molecule has 1 aliphatic rings. The quantitative estimate of drug-likeness (QED) is 0.910. The lowest BCUT2D eigenvalue weighted by Gasteiger charge is -2.30. The van der Waals surface area contributed by atoms with Crippen molar-refractivity contribution in [3.8, 4) is 11.8 Å². The van der Waals surface area contributed by atoms with Crippen LogP contribution in [0.3, 0.4) is 0 Å². The molecule has 21 heavy (non-hydrogen) atoms. The first-order valence-electron chi connectivity index (χ1n) is 6.82. The van der Waals surface area contributed by atoms with Crippen LogP contribution >= 0.6 is 0 Å². The van der Waals surface area contributed by atoms with Crippen molar-refractivity contribution in [1.29, 1.82) is 0 Å². The molecule has 2 heterocycles. The zero-order valence-electron chi connectivity index (χ0n) is 13.1. The van der Waals surface area contributed by atoms with Crippen LogP contribution < -0.4 is 9.47 Å². The SMILES string of the molecule is COc1ccc(C(=O)N2CC(C)(C)C(C)(O)C2)c(OC)n1. The lowest BCUT2D eigenvalue weighted by atomic mass is 9.79. The number of ether oxygens (including phenoxy) is 2. The smallest absolute Gasteiger partial charge is 0.259 e. The second-order valence-electron chi connectivity index (χ2n) is 6.23. The van der Waals surface area contributed by atoms with E-state index in [2.05, 4.69) is 4.98 Å². The molecule has 1 saturated heterocycles. The Morgan fingerprint density at radius 1 is 1.24 bits per heavy atom. The fraction of sp³-hybridized carbons (Fsp3) is 0.600. The zero-order chi connectivity index (χ0) is 15.8. The number of rotatable bonds is 3. The number of nitrogens with zero attached hydrogens (tertiary/aromatic N) is 2. The number of amides is 1. The van der Waals surface area contributed by atoms with Gasteiger partial charge in [-0.1, -0.05) is 13.8 Å². The van der Waals surface area contributed by atoms with E-state index in [9.17, 15) is 9.90 Å². The van der Waals surface area contributed by atoms with E-state index >= 15 is 0 Å². The number of aromatic nitrogens is 1. The van der Waals surface area contributed by atoms with Crippen LogP contribution in [0.25, 0.3) is 0 Å². The van der Waals surface area contributed by atoms with E-state index in [1.54, 1.807) is 24.0 Å². The third-order valence-electron chi connectivity index (χ3n) is 4.30. The molecule has 1 unspecified atom stereocenters. The fourth-order valence-electron chi connectivity index (χ4n) is 2.46. The summed E-state index contributed by atoms with van der Waals surface area (Å²) in [5.74, 6) is 0.411. The van der Waals surface area contributed by atoms with Crippen molar-refractivity contribution in [2.75, 3.05) is 27.3 Å². The van der Waals surface area contributed by atoms with E-state index in [0.29, 0.717) is 18.0 Å². The highest BCUT2D eigenvalue weighted by Crippen LogP contribution is 2.39. The van der Waals surface area contributed by atoms with Gasteiger partial charge < -0.3 is 19.5 Å². The fourth-order valence-corrected chi connectivity index (χ4v) is 2.46. The summed E-state index contributed by atoms with van der Waals surface area (Å²) in [6.45, 7) is 6.42. The van der Waals surface area contributed by atoms with E-state index in [1.807, 2.05) is 13.8 Å². The van der Waals surface area contributed by atoms with E-state index in [4.69, 9.17) is 9.47 Å². The summed E-state index contributed by atoms with van der Waals surface area (Å²) in [7, 11) is 2.96. The Morgan fingerprint density at radius 2 is 1.90 bits per heavy atom. The normalized spacial score (nSPS) is 24.0. The number of aliphatic hydroxyl groups is 1. The molecular formula is C15H22N2O4. The van der Waals surface area contributed by atoms with Crippen molar-refractivity contribution in [2.24, 2.45) is 5.41 Å². The molecule has 1 aromatic rings. The summed E-state index contributed by atoms with van der Waals surface area (Å²) in [6, 6.07) is 3.25. The van der Waals surface area contributed by atoms with Crippen LogP contribution in [-0.2, 0) is 0 Å². The second kappa shape index (κ2) is 5.18. The van der Waals surface area contributed by atoms with Gasteiger partial charge in [-0.3, -0.25) is 4.79 Å². The third kappa shape index (κ3) is 2.68. The van der Waals surface area contributed by atoms with Crippen LogP contribution in [0.5, 0.6) is 11.8 Å². The third-order valence-corrected chi connectivity index (χ3v) is 4.30. The molecule has 6 heteroatoms. The Morgan fingerprint density at radius 3 is 2.38 bits per heavy atom. The van der Waals surface area contributed by atoms with Crippen molar-refractivity contribution >= 4 is 5.91 Å². The molecule has 2 rings (SSSR count). The summed E-state index contributed by atoms with van der Waals surface area (Å²) in [4.78, 5) is 18.4. The number of carbonyl (C=O) groups excluding carboxylic acids is 1. The van der Waals surface area contributed by atoms with Crippen molar-refractivity contribution < 1.29 is 19.4 Å². The number of hydrogen-bond acceptors (Lipinski definition) is 5. The molecule has 1 fully saturated rings. The minimum Gasteiger partial charge on any atom is -0.481 e. The van der Waals surface area contributed by atoms with Crippen molar-refractivity contribution in [2.45, 2.75) is 26.4 Å². The van der Waals surface area contributed by atoms with Gasteiger partial charge in [-0.15, -0.1) is 0 Å². The molecule has 0 aliphatic carbocycles. The summed E-state index contributed by atoms with van der Waals surface area (Å²) < 4.78 is 10.2. The molecule has 6 nitrogen and oxygen atoms in total. The maximum absolute atomic E-state index is 12.7. The molecule has 1 atom stereocenters. The minimum absolute atomic E-state index is 0.201. The summed E-state index contributed by atoms with van der Waals surface area (Å²) in [5, 5.41) is 10.4. The van der Waals surface area contributed by atoms with Crippen LogP contribution in [-0.4, -0.2) is 53.8 Å². The van der Waals surface area contributed by atoms with Gasteiger partial charge in [-0.25, -0.2) is 0 Å². The minimum atomic E-state index is -0.921. The first-order valence-corrected chi connectivity index (χ1v) is 6.82. The standard InChI is InChI=1S/C15H22N2O4/c1-14(2)8-17(9-15(14,3)19)13(18)10-6-7-11(20-4)16-12(10)21-5/h6-7,19H,8-9H2,1-5H3. The number of β-amino-alcohol motifs (C(OH)–C–C–N with tert-alkyl or cyclic N) is 1. The van der Waals surface area contributed by atoms with E-state index in [0.717, 1.165) is 0 Å². The van der Waals surface area contributed by atoms with Gasteiger partial charge in [-0.05, 0) is 13.0 Å². The Labute approximate surface area is 124 Å². The van der Waals surface area contributed by atoms with Crippen molar-refractivity contribution in [1.82, 2.24) is 9.88 Å². The number of hydrogen-bond donors (Lipinski definition) is 1. The van der Waals surface area contributed by atoms with Crippen LogP contribution in [0.4, 0.5) is 0 Å². The molecule has 116 valence electrons. The summed E-state index contributed by atoms with van der Waals surface area (Å²) >= 11 is 0. The molecule has 1 N–H and O–H groups in total.